The summed E-state index contributed by atoms with van der Waals surface area (Å²) in [6, 6.07) is 8.06. The molecule has 0 saturated heterocycles. The van der Waals surface area contributed by atoms with E-state index in [1.807, 2.05) is 0 Å². The molecule has 0 aliphatic rings. The predicted octanol–water partition coefficient (Wildman–Crippen LogP) is 5.06. The molecule has 2 aromatic rings. The third-order valence-corrected chi connectivity index (χ3v) is 2.79. The SMILES string of the molecule is FC(F)(F)Oc1ccc(C=CCc2[c]c(C(F)(F)F)ccn2)cc1. The minimum atomic E-state index is -4.76. The number of nitrogens with zero attached hydrogens (tertiary/aromatic N) is 1. The van der Waals surface area contributed by atoms with Gasteiger partial charge in [0.2, 0.25) is 0 Å². The number of alkyl halides is 6. The number of halogens is 6. The van der Waals surface area contributed by atoms with Crippen molar-refractivity contribution in [2.24, 2.45) is 0 Å². The number of pyridine rings is 1. The fraction of sp³-hybridized carbons (Fsp3) is 0.188. The normalized spacial score (nSPS) is 12.6. The molecule has 8 heteroatoms. The van der Waals surface area contributed by atoms with E-state index in [2.05, 4.69) is 15.8 Å². The zero-order valence-corrected chi connectivity index (χ0v) is 11.9. The zero-order chi connectivity index (χ0) is 17.8. The van der Waals surface area contributed by atoms with Crippen molar-refractivity contribution in [2.45, 2.75) is 19.0 Å². The minimum Gasteiger partial charge on any atom is -0.406 e. The first-order chi connectivity index (χ1) is 11.1. The van der Waals surface area contributed by atoms with Crippen LogP contribution in [0.1, 0.15) is 16.8 Å². The standard InChI is InChI=1S/C16H10F6NO/c17-15(18,19)12-8-9-23-13(10-12)3-1-2-11-4-6-14(7-5-11)24-16(20,21)22/h1-2,4-9H,3H2. The number of benzene rings is 1. The highest BCUT2D eigenvalue weighted by Crippen LogP contribution is 2.28. The molecule has 127 valence electrons. The first-order valence-corrected chi connectivity index (χ1v) is 6.60. The smallest absolute Gasteiger partial charge is 0.406 e. The van der Waals surface area contributed by atoms with Crippen LogP contribution in [0.4, 0.5) is 26.3 Å². The van der Waals surface area contributed by atoms with Crippen LogP contribution in [0.25, 0.3) is 6.08 Å². The molecule has 0 spiro atoms. The fourth-order valence-electron chi connectivity index (χ4n) is 1.79. The van der Waals surface area contributed by atoms with Crippen molar-refractivity contribution < 1.29 is 31.1 Å². The number of hydrogen-bond donors (Lipinski definition) is 0. The lowest BCUT2D eigenvalue weighted by atomic mass is 10.1. The topological polar surface area (TPSA) is 22.1 Å². The molecule has 2 rings (SSSR count). The second kappa shape index (κ2) is 6.94. The van der Waals surface area contributed by atoms with E-state index < -0.39 is 18.1 Å². The highest BCUT2D eigenvalue weighted by molar-refractivity contribution is 5.51. The monoisotopic (exact) mass is 346 g/mol. The first-order valence-electron chi connectivity index (χ1n) is 6.60. The van der Waals surface area contributed by atoms with E-state index >= 15 is 0 Å². The summed E-state index contributed by atoms with van der Waals surface area (Å²) in [5.41, 5.74) is -0.232. The van der Waals surface area contributed by atoms with Crippen LogP contribution in [-0.2, 0) is 12.6 Å². The summed E-state index contributed by atoms with van der Waals surface area (Å²) in [7, 11) is 0. The van der Waals surface area contributed by atoms with Gasteiger partial charge in [0.25, 0.3) is 0 Å². The summed E-state index contributed by atoms with van der Waals surface area (Å²) >= 11 is 0. The van der Waals surface area contributed by atoms with Crippen LogP contribution in [0.5, 0.6) is 5.75 Å². The highest BCUT2D eigenvalue weighted by Gasteiger charge is 2.31. The molecule has 2 nitrogen and oxygen atoms in total. The molecule has 1 heterocycles. The summed E-state index contributed by atoms with van der Waals surface area (Å²) in [5, 5.41) is 0. The second-order valence-electron chi connectivity index (χ2n) is 4.65. The lowest BCUT2D eigenvalue weighted by molar-refractivity contribution is -0.274. The van der Waals surface area contributed by atoms with Gasteiger partial charge in [-0.05, 0) is 23.8 Å². The molecule has 0 unspecified atom stereocenters. The average molecular weight is 346 g/mol. The lowest BCUT2D eigenvalue weighted by Crippen LogP contribution is -2.16. The van der Waals surface area contributed by atoms with Crippen LogP contribution in [0.2, 0.25) is 0 Å². The number of ether oxygens (including phenoxy) is 1. The molecule has 0 amide bonds. The maximum absolute atomic E-state index is 12.5. The van der Waals surface area contributed by atoms with Gasteiger partial charge in [0, 0.05) is 18.7 Å². The van der Waals surface area contributed by atoms with Crippen molar-refractivity contribution in [1.29, 1.82) is 0 Å². The molecular formula is C16H10F6NO. The third kappa shape index (κ3) is 5.60. The summed E-state index contributed by atoms with van der Waals surface area (Å²) < 4.78 is 77.4. The first kappa shape index (κ1) is 17.8. The maximum Gasteiger partial charge on any atom is 0.573 e. The van der Waals surface area contributed by atoms with E-state index in [0.29, 0.717) is 5.56 Å². The fourth-order valence-corrected chi connectivity index (χ4v) is 1.79. The number of rotatable bonds is 4. The molecular weight excluding hydrogens is 336 g/mol. The molecule has 1 aromatic carbocycles. The predicted molar refractivity (Wildman–Crippen MR) is 73.9 cm³/mol. The van der Waals surface area contributed by atoms with Gasteiger partial charge in [-0.1, -0.05) is 24.3 Å². The minimum absolute atomic E-state index is 0.102. The lowest BCUT2D eigenvalue weighted by Gasteiger charge is -2.08. The van der Waals surface area contributed by atoms with Gasteiger partial charge < -0.3 is 4.74 Å². The molecule has 1 radical (unpaired) electrons. The van der Waals surface area contributed by atoms with Crippen molar-refractivity contribution in [2.75, 3.05) is 0 Å². The van der Waals surface area contributed by atoms with E-state index in [1.165, 1.54) is 12.1 Å². The van der Waals surface area contributed by atoms with Crippen molar-refractivity contribution >= 4 is 6.08 Å². The Morgan fingerprint density at radius 3 is 2.25 bits per heavy atom. The Kier molecular flexibility index (Phi) is 5.16. The molecule has 0 bridgehead atoms. The summed E-state index contributed by atoms with van der Waals surface area (Å²) in [6.45, 7) is 0. The molecule has 1 aromatic heterocycles. The zero-order valence-electron chi connectivity index (χ0n) is 11.9. The highest BCUT2D eigenvalue weighted by atomic mass is 19.4. The quantitative estimate of drug-likeness (QED) is 0.723. The summed E-state index contributed by atoms with van der Waals surface area (Å²) in [6.07, 6.45) is -5.01. The van der Waals surface area contributed by atoms with Crippen LogP contribution < -0.4 is 4.74 Å². The van der Waals surface area contributed by atoms with E-state index in [4.69, 9.17) is 0 Å². The van der Waals surface area contributed by atoms with Crippen LogP contribution in [-0.4, -0.2) is 11.3 Å². The van der Waals surface area contributed by atoms with E-state index in [1.54, 1.807) is 12.2 Å². The van der Waals surface area contributed by atoms with E-state index in [9.17, 15) is 26.3 Å². The molecule has 0 N–H and O–H groups in total. The van der Waals surface area contributed by atoms with Gasteiger partial charge in [0.05, 0.1) is 11.3 Å². The Balaban J connectivity index is 1.99. The molecule has 0 atom stereocenters. The van der Waals surface area contributed by atoms with Crippen LogP contribution >= 0.6 is 0 Å². The van der Waals surface area contributed by atoms with Crippen molar-refractivity contribution in [3.8, 4) is 5.75 Å². The van der Waals surface area contributed by atoms with Crippen LogP contribution in [0.15, 0.2) is 42.6 Å². The molecule has 0 aliphatic heterocycles. The number of hydrogen-bond acceptors (Lipinski definition) is 2. The maximum atomic E-state index is 12.5. The Bertz CT molecular complexity index is 704. The number of aromatic nitrogens is 1. The van der Waals surface area contributed by atoms with E-state index in [-0.39, 0.29) is 17.9 Å². The van der Waals surface area contributed by atoms with Gasteiger partial charge >= 0.3 is 12.5 Å². The average Bonchev–Trinajstić information content (AvgIpc) is 2.47. The third-order valence-electron chi connectivity index (χ3n) is 2.79. The Labute approximate surface area is 133 Å². The summed E-state index contributed by atoms with van der Waals surface area (Å²) in [4.78, 5) is 3.79. The van der Waals surface area contributed by atoms with Gasteiger partial charge in [0.15, 0.2) is 0 Å². The van der Waals surface area contributed by atoms with Gasteiger partial charge in [0.1, 0.15) is 5.75 Å². The second-order valence-corrected chi connectivity index (χ2v) is 4.65. The van der Waals surface area contributed by atoms with Crippen molar-refractivity contribution in [3.63, 3.8) is 0 Å². The van der Waals surface area contributed by atoms with Gasteiger partial charge in [-0.15, -0.1) is 13.2 Å². The van der Waals surface area contributed by atoms with Crippen molar-refractivity contribution in [1.82, 2.24) is 4.98 Å². The Hall–Kier alpha value is -2.51. The Morgan fingerprint density at radius 2 is 1.67 bits per heavy atom. The summed E-state index contributed by atoms with van der Waals surface area (Å²) in [5.74, 6) is -0.354. The van der Waals surface area contributed by atoms with Gasteiger partial charge in [-0.2, -0.15) is 13.2 Å². The molecule has 0 saturated carbocycles. The van der Waals surface area contributed by atoms with Gasteiger partial charge in [-0.3, -0.25) is 4.98 Å². The Morgan fingerprint density at radius 1 is 1.00 bits per heavy atom. The van der Waals surface area contributed by atoms with E-state index in [0.717, 1.165) is 24.4 Å². The molecule has 24 heavy (non-hydrogen) atoms. The van der Waals surface area contributed by atoms with Crippen LogP contribution in [0, 0.1) is 6.07 Å². The van der Waals surface area contributed by atoms with Crippen molar-refractivity contribution in [3.05, 3.63) is 65.5 Å². The molecule has 0 fully saturated rings. The largest absolute Gasteiger partial charge is 0.573 e. The van der Waals surface area contributed by atoms with Gasteiger partial charge in [-0.25, -0.2) is 0 Å². The van der Waals surface area contributed by atoms with Crippen LogP contribution in [0.3, 0.4) is 0 Å². The number of allylic oxidation sites excluding steroid dienone is 1. The molecule has 0 aliphatic carbocycles.